The van der Waals surface area contributed by atoms with Gasteiger partial charge in [0.1, 0.15) is 0 Å². The van der Waals surface area contributed by atoms with E-state index in [0.29, 0.717) is 23.4 Å². The van der Waals surface area contributed by atoms with E-state index in [0.717, 1.165) is 44.1 Å². The van der Waals surface area contributed by atoms with Crippen LogP contribution in [-0.2, 0) is 35.3 Å². The van der Waals surface area contributed by atoms with Crippen LogP contribution in [0.25, 0.3) is 0 Å². The molecular formula is C26H41NO6S. The Labute approximate surface area is 205 Å². The number of sulfone groups is 1. The minimum atomic E-state index is -3.47. The Morgan fingerprint density at radius 3 is 2.03 bits per heavy atom. The number of hydrogen-bond donors (Lipinski definition) is 1. The van der Waals surface area contributed by atoms with Gasteiger partial charge in [0, 0.05) is 11.9 Å². The molecule has 192 valence electrons. The molecule has 1 rings (SSSR count). The number of rotatable bonds is 17. The lowest BCUT2D eigenvalue weighted by atomic mass is 10.1. The van der Waals surface area contributed by atoms with Crippen molar-refractivity contribution in [1.82, 2.24) is 0 Å². The van der Waals surface area contributed by atoms with E-state index in [1.807, 2.05) is 0 Å². The summed E-state index contributed by atoms with van der Waals surface area (Å²) in [7, 11) is -3.47. The van der Waals surface area contributed by atoms with Crippen molar-refractivity contribution in [3.63, 3.8) is 0 Å². The van der Waals surface area contributed by atoms with Crippen molar-refractivity contribution in [3.05, 3.63) is 35.5 Å². The number of esters is 2. The maximum absolute atomic E-state index is 13.2. The van der Waals surface area contributed by atoms with E-state index in [4.69, 9.17) is 9.47 Å². The van der Waals surface area contributed by atoms with Gasteiger partial charge in [-0.15, -0.1) is 0 Å². The van der Waals surface area contributed by atoms with E-state index in [9.17, 15) is 18.0 Å². The van der Waals surface area contributed by atoms with Crippen LogP contribution in [-0.4, -0.2) is 39.3 Å². The second-order valence-corrected chi connectivity index (χ2v) is 10.2. The molecule has 0 spiro atoms. The summed E-state index contributed by atoms with van der Waals surface area (Å²) in [5, 5.41) is 2.88. The molecule has 34 heavy (non-hydrogen) atoms. The molecule has 0 saturated carbocycles. The number of unbranched alkanes of at least 4 members (excludes halogenated alkanes) is 6. The third kappa shape index (κ3) is 10.3. The van der Waals surface area contributed by atoms with Crippen LogP contribution in [0.4, 0.5) is 5.69 Å². The van der Waals surface area contributed by atoms with Crippen molar-refractivity contribution in [1.29, 1.82) is 0 Å². The van der Waals surface area contributed by atoms with Gasteiger partial charge < -0.3 is 14.8 Å². The highest BCUT2D eigenvalue weighted by molar-refractivity contribution is 7.91. The van der Waals surface area contributed by atoms with Crippen LogP contribution < -0.4 is 5.32 Å². The Bertz CT molecular complexity index is 888. The van der Waals surface area contributed by atoms with Crippen molar-refractivity contribution < 1.29 is 27.5 Å². The second kappa shape index (κ2) is 16.3. The topological polar surface area (TPSA) is 98.8 Å². The first kappa shape index (κ1) is 29.7. The fourth-order valence-electron chi connectivity index (χ4n) is 3.46. The zero-order chi connectivity index (χ0) is 25.4. The molecule has 0 amide bonds. The highest BCUT2D eigenvalue weighted by atomic mass is 32.2. The standard InChI is InChI=1S/C26H41NO6S/c1-5-9-11-12-13-14-18-34(30,31)24-19-22(17-16-21(24)15-10-6-2)27-20-23(25(28)32-7-3)26(29)33-8-4/h16-17,19-20,27H,5-15,18H2,1-4H3. The van der Waals surface area contributed by atoms with Crippen LogP contribution in [0.1, 0.15) is 84.6 Å². The van der Waals surface area contributed by atoms with Crippen LogP contribution in [0, 0.1) is 0 Å². The molecule has 0 aliphatic heterocycles. The van der Waals surface area contributed by atoms with Gasteiger partial charge in [0.15, 0.2) is 15.4 Å². The van der Waals surface area contributed by atoms with Crippen LogP contribution in [0.15, 0.2) is 34.9 Å². The maximum atomic E-state index is 13.2. The number of nitrogens with one attached hydrogen (secondary N) is 1. The number of aryl methyl sites for hydroxylation is 1. The van der Waals surface area contributed by atoms with Crippen LogP contribution in [0.5, 0.6) is 0 Å². The third-order valence-corrected chi connectivity index (χ3v) is 7.22. The Balaban J connectivity index is 3.13. The summed E-state index contributed by atoms with van der Waals surface area (Å²) in [6, 6.07) is 5.13. The van der Waals surface area contributed by atoms with Gasteiger partial charge in [-0.3, -0.25) is 0 Å². The van der Waals surface area contributed by atoms with E-state index in [1.165, 1.54) is 12.6 Å². The average Bonchev–Trinajstić information content (AvgIpc) is 2.80. The van der Waals surface area contributed by atoms with Crippen molar-refractivity contribution >= 4 is 27.5 Å². The maximum Gasteiger partial charge on any atom is 0.347 e. The molecule has 0 fully saturated rings. The first-order valence-corrected chi connectivity index (χ1v) is 14.1. The molecular weight excluding hydrogens is 454 g/mol. The minimum absolute atomic E-state index is 0.106. The quantitative estimate of drug-likeness (QED) is 0.0989. The fraction of sp³-hybridized carbons (Fsp3) is 0.615. The molecule has 0 bridgehead atoms. The number of carbonyl (C=O) groups excluding carboxylic acids is 2. The van der Waals surface area contributed by atoms with Crippen molar-refractivity contribution in [3.8, 4) is 0 Å². The second-order valence-electron chi connectivity index (χ2n) is 8.16. The van der Waals surface area contributed by atoms with E-state index in [2.05, 4.69) is 19.2 Å². The van der Waals surface area contributed by atoms with Gasteiger partial charge in [-0.1, -0.05) is 58.4 Å². The van der Waals surface area contributed by atoms with E-state index < -0.39 is 21.8 Å². The molecule has 0 atom stereocenters. The Kier molecular flexibility index (Phi) is 14.2. The molecule has 0 saturated heterocycles. The van der Waals surface area contributed by atoms with Crippen molar-refractivity contribution in [2.45, 2.75) is 90.4 Å². The van der Waals surface area contributed by atoms with Gasteiger partial charge in [-0.2, -0.15) is 0 Å². The summed E-state index contributed by atoms with van der Waals surface area (Å²) < 4.78 is 36.3. The normalized spacial score (nSPS) is 11.1. The number of carbonyl (C=O) groups is 2. The predicted octanol–water partition coefficient (Wildman–Crippen LogP) is 5.59. The van der Waals surface area contributed by atoms with Gasteiger partial charge in [0.05, 0.1) is 23.9 Å². The average molecular weight is 496 g/mol. The Morgan fingerprint density at radius 1 is 0.853 bits per heavy atom. The highest BCUT2D eigenvalue weighted by Gasteiger charge is 2.22. The molecule has 8 heteroatoms. The fourth-order valence-corrected chi connectivity index (χ4v) is 5.14. The molecule has 1 N–H and O–H groups in total. The predicted molar refractivity (Wildman–Crippen MR) is 135 cm³/mol. The van der Waals surface area contributed by atoms with Gasteiger partial charge in [-0.25, -0.2) is 18.0 Å². The number of hydrogen-bond acceptors (Lipinski definition) is 7. The van der Waals surface area contributed by atoms with Gasteiger partial charge in [0.25, 0.3) is 0 Å². The molecule has 0 radical (unpaired) electrons. The molecule has 1 aromatic rings. The number of anilines is 1. The summed E-state index contributed by atoms with van der Waals surface area (Å²) in [5.41, 5.74) is 0.974. The molecule has 0 aliphatic carbocycles. The van der Waals surface area contributed by atoms with Crippen molar-refractivity contribution in [2.75, 3.05) is 24.3 Å². The number of ether oxygens (including phenoxy) is 2. The lowest BCUT2D eigenvalue weighted by Crippen LogP contribution is -2.19. The molecule has 7 nitrogen and oxygen atoms in total. The SMILES string of the molecule is CCCCCCCCS(=O)(=O)c1cc(NC=C(C(=O)OCC)C(=O)OCC)ccc1CCCC. The third-order valence-electron chi connectivity index (χ3n) is 5.34. The smallest absolute Gasteiger partial charge is 0.347 e. The minimum Gasteiger partial charge on any atom is -0.462 e. The summed E-state index contributed by atoms with van der Waals surface area (Å²) in [6.45, 7) is 7.73. The largest absolute Gasteiger partial charge is 0.462 e. The lowest BCUT2D eigenvalue weighted by Gasteiger charge is -2.13. The van der Waals surface area contributed by atoms with Gasteiger partial charge in [-0.05, 0) is 50.8 Å². The molecule has 0 heterocycles. The molecule has 0 aliphatic rings. The molecule has 0 unspecified atom stereocenters. The van der Waals surface area contributed by atoms with Gasteiger partial charge >= 0.3 is 11.9 Å². The van der Waals surface area contributed by atoms with E-state index >= 15 is 0 Å². The zero-order valence-corrected chi connectivity index (χ0v) is 22.0. The summed E-state index contributed by atoms with van der Waals surface area (Å²) in [5.74, 6) is -1.50. The van der Waals surface area contributed by atoms with Crippen LogP contribution >= 0.6 is 0 Å². The van der Waals surface area contributed by atoms with Crippen LogP contribution in [0.2, 0.25) is 0 Å². The van der Waals surface area contributed by atoms with Crippen LogP contribution in [0.3, 0.4) is 0 Å². The Morgan fingerprint density at radius 2 is 1.44 bits per heavy atom. The highest BCUT2D eigenvalue weighted by Crippen LogP contribution is 2.25. The summed E-state index contributed by atoms with van der Waals surface area (Å²) >= 11 is 0. The monoisotopic (exact) mass is 495 g/mol. The van der Waals surface area contributed by atoms with E-state index in [-0.39, 0.29) is 24.5 Å². The summed E-state index contributed by atoms with van der Waals surface area (Å²) in [6.07, 6.45) is 9.77. The zero-order valence-electron chi connectivity index (χ0n) is 21.2. The first-order chi connectivity index (χ1) is 16.3. The van der Waals surface area contributed by atoms with E-state index in [1.54, 1.807) is 32.0 Å². The lowest BCUT2D eigenvalue weighted by molar-refractivity contribution is -0.146. The van der Waals surface area contributed by atoms with Crippen molar-refractivity contribution in [2.24, 2.45) is 0 Å². The number of benzene rings is 1. The van der Waals surface area contributed by atoms with Gasteiger partial charge in [0.2, 0.25) is 0 Å². The molecule has 1 aromatic carbocycles. The Hall–Kier alpha value is -2.35. The summed E-state index contributed by atoms with van der Waals surface area (Å²) in [4.78, 5) is 24.6. The molecule has 0 aromatic heterocycles. The first-order valence-electron chi connectivity index (χ1n) is 12.5.